The SMILES string of the molecule is CC1CC=CC2=C1C(N1C(CN(C)C)N(CCO)C(=O)c3c(O)c(=O)ccn31)C1=C(C=CCC1)CC2. The largest absolute Gasteiger partial charge is 0.502 e. The summed E-state index contributed by atoms with van der Waals surface area (Å²) >= 11 is 0. The zero-order valence-electron chi connectivity index (χ0n) is 21.4. The second kappa shape index (κ2) is 9.75. The van der Waals surface area contributed by atoms with Crippen molar-refractivity contribution >= 4 is 5.91 Å². The maximum Gasteiger partial charge on any atom is 0.278 e. The quantitative estimate of drug-likeness (QED) is 0.657. The first-order valence-corrected chi connectivity index (χ1v) is 12.9. The van der Waals surface area contributed by atoms with Crippen molar-refractivity contribution in [3.63, 3.8) is 0 Å². The summed E-state index contributed by atoms with van der Waals surface area (Å²) in [5.41, 5.74) is 4.74. The number of aliphatic hydroxyl groups is 1. The van der Waals surface area contributed by atoms with Crippen molar-refractivity contribution in [2.75, 3.05) is 38.8 Å². The summed E-state index contributed by atoms with van der Waals surface area (Å²) in [7, 11) is 3.94. The van der Waals surface area contributed by atoms with Gasteiger partial charge < -0.3 is 20.0 Å². The van der Waals surface area contributed by atoms with Gasteiger partial charge in [-0.1, -0.05) is 31.2 Å². The molecule has 0 aromatic carbocycles. The minimum absolute atomic E-state index is 0.0372. The van der Waals surface area contributed by atoms with Gasteiger partial charge in [-0.3, -0.25) is 19.3 Å². The van der Waals surface area contributed by atoms with E-state index in [0.717, 1.165) is 32.1 Å². The van der Waals surface area contributed by atoms with Crippen molar-refractivity contribution in [1.29, 1.82) is 0 Å². The number of likely N-dealkylation sites (N-methyl/N-ethyl adjacent to an activating group) is 1. The number of carbonyl (C=O) groups is 1. The lowest BCUT2D eigenvalue weighted by Crippen LogP contribution is -2.68. The number of aromatic nitrogens is 1. The van der Waals surface area contributed by atoms with Crippen LogP contribution in [0.2, 0.25) is 0 Å². The molecule has 36 heavy (non-hydrogen) atoms. The Morgan fingerprint density at radius 1 is 1.08 bits per heavy atom. The Balaban J connectivity index is 1.82. The number of aliphatic hydroxyl groups excluding tert-OH is 1. The van der Waals surface area contributed by atoms with Gasteiger partial charge in [-0.2, -0.15) is 0 Å². The van der Waals surface area contributed by atoms with Crippen molar-refractivity contribution < 1.29 is 15.0 Å². The Bertz CT molecular complexity index is 1240. The Morgan fingerprint density at radius 3 is 2.58 bits per heavy atom. The number of aromatic hydroxyl groups is 1. The molecule has 4 aliphatic rings. The fraction of sp³-hybridized carbons (Fsp3) is 0.500. The molecule has 3 unspecified atom stereocenters. The molecule has 5 rings (SSSR count). The van der Waals surface area contributed by atoms with Crippen molar-refractivity contribution in [3.05, 3.63) is 74.8 Å². The zero-order valence-corrected chi connectivity index (χ0v) is 21.4. The van der Waals surface area contributed by atoms with Crippen LogP contribution >= 0.6 is 0 Å². The number of rotatable bonds is 5. The van der Waals surface area contributed by atoms with E-state index < -0.39 is 23.3 Å². The van der Waals surface area contributed by atoms with E-state index in [1.165, 1.54) is 28.4 Å². The number of β-amino-alcohol motifs (C(OH)–C–C–N with tert-alkyl or cyclic N) is 1. The van der Waals surface area contributed by atoms with Crippen LogP contribution in [-0.4, -0.2) is 76.6 Å². The van der Waals surface area contributed by atoms with E-state index in [4.69, 9.17) is 0 Å². The van der Waals surface area contributed by atoms with Crippen LogP contribution in [-0.2, 0) is 0 Å². The summed E-state index contributed by atoms with van der Waals surface area (Å²) < 4.78 is 1.72. The Hall–Kier alpha value is -3.10. The molecule has 2 N–H and O–H groups in total. The molecule has 1 aromatic rings. The van der Waals surface area contributed by atoms with E-state index in [1.807, 2.05) is 19.0 Å². The highest BCUT2D eigenvalue weighted by atomic mass is 16.3. The predicted octanol–water partition coefficient (Wildman–Crippen LogP) is 2.53. The first-order valence-electron chi connectivity index (χ1n) is 12.9. The lowest BCUT2D eigenvalue weighted by molar-refractivity contribution is 0.0457. The maximum absolute atomic E-state index is 13.7. The third-order valence-electron chi connectivity index (χ3n) is 7.88. The molecule has 2 heterocycles. The number of fused-ring (bicyclic) bond motifs is 1. The van der Waals surface area contributed by atoms with Gasteiger partial charge in [0.25, 0.3) is 5.91 Å². The second-order valence-electron chi connectivity index (χ2n) is 10.5. The summed E-state index contributed by atoms with van der Waals surface area (Å²) in [5, 5.41) is 22.9. The second-order valence-corrected chi connectivity index (χ2v) is 10.5. The first kappa shape index (κ1) is 24.6. The lowest BCUT2D eigenvalue weighted by Gasteiger charge is -2.52. The number of hydrogen-bond donors (Lipinski definition) is 2. The predicted molar refractivity (Wildman–Crippen MR) is 139 cm³/mol. The smallest absolute Gasteiger partial charge is 0.278 e. The molecule has 0 spiro atoms. The highest BCUT2D eigenvalue weighted by molar-refractivity contribution is 5.96. The molecule has 1 aliphatic heterocycles. The van der Waals surface area contributed by atoms with Crippen LogP contribution < -0.4 is 10.4 Å². The maximum atomic E-state index is 13.7. The molecule has 0 fully saturated rings. The van der Waals surface area contributed by atoms with Crippen molar-refractivity contribution in [2.45, 2.75) is 51.2 Å². The minimum atomic E-state index is -0.584. The van der Waals surface area contributed by atoms with Gasteiger partial charge in [-0.15, -0.1) is 0 Å². The minimum Gasteiger partial charge on any atom is -0.502 e. The fourth-order valence-electron chi connectivity index (χ4n) is 6.30. The van der Waals surface area contributed by atoms with Gasteiger partial charge in [-0.05, 0) is 74.4 Å². The van der Waals surface area contributed by atoms with Gasteiger partial charge in [0.1, 0.15) is 6.17 Å². The summed E-state index contributed by atoms with van der Waals surface area (Å²) in [6, 6.07) is 1.20. The molecule has 3 aliphatic carbocycles. The summed E-state index contributed by atoms with van der Waals surface area (Å²) in [4.78, 5) is 29.8. The van der Waals surface area contributed by atoms with E-state index in [-0.39, 0.29) is 24.9 Å². The molecule has 8 nitrogen and oxygen atoms in total. The van der Waals surface area contributed by atoms with Crippen molar-refractivity contribution in [1.82, 2.24) is 14.5 Å². The number of allylic oxidation sites excluding steroid dienone is 6. The fourth-order valence-corrected chi connectivity index (χ4v) is 6.30. The number of hydrogen-bond acceptors (Lipinski definition) is 6. The average Bonchev–Trinajstić information content (AvgIpc) is 3.01. The third kappa shape index (κ3) is 4.02. The van der Waals surface area contributed by atoms with Gasteiger partial charge >= 0.3 is 0 Å². The van der Waals surface area contributed by atoms with Gasteiger partial charge in [0.05, 0.1) is 12.6 Å². The summed E-state index contributed by atoms with van der Waals surface area (Å²) in [6.07, 6.45) is 15.0. The van der Waals surface area contributed by atoms with E-state index in [9.17, 15) is 19.8 Å². The van der Waals surface area contributed by atoms with Crippen LogP contribution in [0, 0.1) is 5.92 Å². The normalized spacial score (nSPS) is 25.8. The van der Waals surface area contributed by atoms with Crippen LogP contribution in [0.25, 0.3) is 0 Å². The summed E-state index contributed by atoms with van der Waals surface area (Å²) in [5.74, 6) is -0.677. The van der Waals surface area contributed by atoms with E-state index in [1.54, 1.807) is 15.8 Å². The molecule has 192 valence electrons. The summed E-state index contributed by atoms with van der Waals surface area (Å²) in [6.45, 7) is 2.69. The van der Waals surface area contributed by atoms with Gasteiger partial charge in [0.2, 0.25) is 5.43 Å². The Kier molecular flexibility index (Phi) is 6.66. The molecular weight excluding hydrogens is 456 g/mol. The zero-order chi connectivity index (χ0) is 25.6. The molecule has 3 atom stereocenters. The molecule has 1 amide bonds. The Morgan fingerprint density at radius 2 is 1.83 bits per heavy atom. The highest BCUT2D eigenvalue weighted by Gasteiger charge is 2.46. The topological polar surface area (TPSA) is 89.2 Å². The van der Waals surface area contributed by atoms with Gasteiger partial charge in [-0.25, -0.2) is 0 Å². The number of amides is 1. The number of pyridine rings is 1. The van der Waals surface area contributed by atoms with Crippen molar-refractivity contribution in [3.8, 4) is 5.75 Å². The molecular formula is C28H36N4O4. The molecule has 0 bridgehead atoms. The number of carbonyl (C=O) groups excluding carboxylic acids is 1. The molecule has 1 aromatic heterocycles. The molecule has 0 radical (unpaired) electrons. The third-order valence-corrected chi connectivity index (χ3v) is 7.88. The monoisotopic (exact) mass is 492 g/mol. The van der Waals surface area contributed by atoms with Crippen molar-refractivity contribution in [2.24, 2.45) is 5.92 Å². The average molecular weight is 493 g/mol. The number of nitrogens with zero attached hydrogens (tertiary/aromatic N) is 4. The van der Waals surface area contributed by atoms with Crippen LogP contribution in [0.5, 0.6) is 5.75 Å². The van der Waals surface area contributed by atoms with Gasteiger partial charge in [0.15, 0.2) is 11.4 Å². The Labute approximate surface area is 212 Å². The molecule has 8 heteroatoms. The molecule has 0 saturated carbocycles. The van der Waals surface area contributed by atoms with Crippen LogP contribution in [0.4, 0.5) is 0 Å². The lowest BCUT2D eigenvalue weighted by atomic mass is 9.79. The first-order chi connectivity index (χ1) is 17.3. The van der Waals surface area contributed by atoms with Gasteiger partial charge in [0, 0.05) is 25.4 Å². The van der Waals surface area contributed by atoms with E-state index in [0.29, 0.717) is 12.5 Å². The highest BCUT2D eigenvalue weighted by Crippen LogP contribution is 2.44. The van der Waals surface area contributed by atoms with E-state index in [2.05, 4.69) is 36.2 Å². The van der Waals surface area contributed by atoms with Crippen LogP contribution in [0.1, 0.15) is 49.5 Å². The van der Waals surface area contributed by atoms with Crippen LogP contribution in [0.15, 0.2) is 63.7 Å². The standard InChI is InChI=1S/C28H36N4O4/c1-18-7-6-9-20-12-11-19-8-4-5-10-21(19)25(24(18)20)32-23(17-29(2)3)30(15-16-33)28(36)26-27(35)22(34)13-14-31(26)32/h4,6,8-9,13-14,18,23,25,33,35H,5,7,10-12,15-17H2,1-3H3. The van der Waals surface area contributed by atoms with E-state index >= 15 is 0 Å². The van der Waals surface area contributed by atoms with Crippen LogP contribution in [0.3, 0.4) is 0 Å². The molecule has 0 saturated heterocycles.